The Kier molecular flexibility index (Phi) is 6.82. The summed E-state index contributed by atoms with van der Waals surface area (Å²) in [5.41, 5.74) is 1.07. The van der Waals surface area contributed by atoms with Crippen molar-refractivity contribution in [3.05, 3.63) is 28.8 Å². The first-order valence-corrected chi connectivity index (χ1v) is 7.10. The summed E-state index contributed by atoms with van der Waals surface area (Å²) in [7, 11) is 0. The van der Waals surface area contributed by atoms with Gasteiger partial charge in [0.1, 0.15) is 5.75 Å². The van der Waals surface area contributed by atoms with Crippen LogP contribution >= 0.6 is 11.6 Å². The Morgan fingerprint density at radius 3 is 2.55 bits per heavy atom. The van der Waals surface area contributed by atoms with Gasteiger partial charge in [0.25, 0.3) is 0 Å². The summed E-state index contributed by atoms with van der Waals surface area (Å²) in [4.78, 5) is 11.4. The highest BCUT2D eigenvalue weighted by molar-refractivity contribution is 6.32. The maximum absolute atomic E-state index is 11.4. The molecule has 0 heterocycles. The molecule has 5 heteroatoms. The predicted octanol–water partition coefficient (Wildman–Crippen LogP) is 3.17. The van der Waals surface area contributed by atoms with E-state index in [9.17, 15) is 4.79 Å². The van der Waals surface area contributed by atoms with Gasteiger partial charge in [0, 0.05) is 12.6 Å². The Morgan fingerprint density at radius 1 is 1.30 bits per heavy atom. The third kappa shape index (κ3) is 6.26. The van der Waals surface area contributed by atoms with Gasteiger partial charge in [-0.15, -0.1) is 0 Å². The molecule has 0 bridgehead atoms. The fraction of sp³-hybridized carbons (Fsp3) is 0.533. The molecular formula is C15H22ClNO3. The van der Waals surface area contributed by atoms with Gasteiger partial charge in [-0.05, 0) is 31.5 Å². The normalized spacial score (nSPS) is 10.9. The van der Waals surface area contributed by atoms with E-state index < -0.39 is 5.97 Å². The lowest BCUT2D eigenvalue weighted by Gasteiger charge is -2.12. The Morgan fingerprint density at radius 2 is 2.00 bits per heavy atom. The van der Waals surface area contributed by atoms with Crippen molar-refractivity contribution in [3.63, 3.8) is 0 Å². The van der Waals surface area contributed by atoms with E-state index in [0.29, 0.717) is 16.8 Å². The number of carbonyl (C=O) groups excluding carboxylic acids is 1. The minimum absolute atomic E-state index is 0.137. The molecule has 1 aromatic rings. The fourth-order valence-electron chi connectivity index (χ4n) is 1.53. The van der Waals surface area contributed by atoms with E-state index in [-0.39, 0.29) is 12.7 Å². The van der Waals surface area contributed by atoms with E-state index in [1.807, 2.05) is 12.1 Å². The molecule has 4 nitrogen and oxygen atoms in total. The maximum Gasteiger partial charge on any atom is 0.344 e. The maximum atomic E-state index is 11.4. The lowest BCUT2D eigenvalue weighted by atomic mass is 10.2. The van der Waals surface area contributed by atoms with E-state index in [0.717, 1.165) is 12.1 Å². The van der Waals surface area contributed by atoms with Crippen molar-refractivity contribution in [2.75, 3.05) is 6.61 Å². The van der Waals surface area contributed by atoms with Crippen LogP contribution in [0, 0.1) is 0 Å². The van der Waals surface area contributed by atoms with Crippen molar-refractivity contribution in [2.24, 2.45) is 0 Å². The molecule has 0 fully saturated rings. The average molecular weight is 300 g/mol. The Hall–Kier alpha value is -1.26. The second kappa shape index (κ2) is 8.12. The number of halogens is 1. The molecule has 0 aliphatic carbocycles. The molecule has 1 N–H and O–H groups in total. The van der Waals surface area contributed by atoms with Crippen molar-refractivity contribution >= 4 is 17.6 Å². The summed E-state index contributed by atoms with van der Waals surface area (Å²) in [5, 5.41) is 3.80. The summed E-state index contributed by atoms with van der Waals surface area (Å²) >= 11 is 6.13. The van der Waals surface area contributed by atoms with Crippen LogP contribution in [0.5, 0.6) is 5.75 Å². The summed E-state index contributed by atoms with van der Waals surface area (Å²) in [6.45, 7) is 8.36. The minimum atomic E-state index is -0.401. The van der Waals surface area contributed by atoms with Gasteiger partial charge < -0.3 is 14.8 Å². The molecule has 112 valence electrons. The molecule has 0 aliphatic heterocycles. The molecule has 0 saturated carbocycles. The van der Waals surface area contributed by atoms with Gasteiger partial charge in [0.2, 0.25) is 0 Å². The van der Waals surface area contributed by atoms with Gasteiger partial charge in [0.05, 0.1) is 11.1 Å². The molecule has 0 amide bonds. The van der Waals surface area contributed by atoms with Gasteiger partial charge >= 0.3 is 5.97 Å². The quantitative estimate of drug-likeness (QED) is 0.786. The third-order valence-electron chi connectivity index (χ3n) is 2.42. The molecule has 1 aromatic carbocycles. The number of carbonyl (C=O) groups is 1. The highest BCUT2D eigenvalue weighted by Gasteiger charge is 2.09. The van der Waals surface area contributed by atoms with Gasteiger partial charge in [-0.25, -0.2) is 4.79 Å². The third-order valence-corrected chi connectivity index (χ3v) is 2.72. The SMILES string of the molecule is CC(C)NCc1ccc(OCC(=O)OC(C)C)c(Cl)c1. The van der Waals surface area contributed by atoms with Crippen molar-refractivity contribution in [3.8, 4) is 5.75 Å². The molecule has 0 spiro atoms. The zero-order valence-corrected chi connectivity index (χ0v) is 13.2. The second-order valence-corrected chi connectivity index (χ2v) is 5.53. The molecule has 0 unspecified atom stereocenters. The highest BCUT2D eigenvalue weighted by atomic mass is 35.5. The summed E-state index contributed by atoms with van der Waals surface area (Å²) in [6, 6.07) is 5.93. The van der Waals surface area contributed by atoms with E-state index in [2.05, 4.69) is 19.2 Å². The van der Waals surface area contributed by atoms with Crippen molar-refractivity contribution in [1.29, 1.82) is 0 Å². The van der Waals surface area contributed by atoms with Crippen molar-refractivity contribution in [1.82, 2.24) is 5.32 Å². The first kappa shape index (κ1) is 16.8. The first-order chi connectivity index (χ1) is 9.38. The Labute approximate surface area is 125 Å². The molecule has 0 saturated heterocycles. The van der Waals surface area contributed by atoms with Gasteiger partial charge in [-0.1, -0.05) is 31.5 Å². The zero-order valence-electron chi connectivity index (χ0n) is 12.4. The number of hydrogen-bond donors (Lipinski definition) is 1. The van der Waals surface area contributed by atoms with Crippen LogP contribution < -0.4 is 10.1 Å². The minimum Gasteiger partial charge on any atom is -0.480 e. The van der Waals surface area contributed by atoms with E-state index in [1.54, 1.807) is 19.9 Å². The van der Waals surface area contributed by atoms with Crippen LogP contribution in [0.1, 0.15) is 33.3 Å². The smallest absolute Gasteiger partial charge is 0.344 e. The number of rotatable bonds is 7. The number of ether oxygens (including phenoxy) is 2. The van der Waals surface area contributed by atoms with Crippen LogP contribution in [0.2, 0.25) is 5.02 Å². The van der Waals surface area contributed by atoms with Crippen LogP contribution in [-0.2, 0) is 16.1 Å². The molecule has 1 rings (SSSR count). The van der Waals surface area contributed by atoms with Crippen molar-refractivity contribution in [2.45, 2.75) is 46.4 Å². The van der Waals surface area contributed by atoms with Crippen LogP contribution in [0.25, 0.3) is 0 Å². The average Bonchev–Trinajstić information content (AvgIpc) is 2.34. The van der Waals surface area contributed by atoms with Crippen LogP contribution in [-0.4, -0.2) is 24.7 Å². The van der Waals surface area contributed by atoms with Gasteiger partial charge in [-0.2, -0.15) is 0 Å². The summed E-state index contributed by atoms with van der Waals surface area (Å²) in [6.07, 6.45) is -0.147. The highest BCUT2D eigenvalue weighted by Crippen LogP contribution is 2.25. The lowest BCUT2D eigenvalue weighted by molar-refractivity contribution is -0.149. The zero-order chi connectivity index (χ0) is 15.1. The predicted molar refractivity (Wildman–Crippen MR) is 80.2 cm³/mol. The Balaban J connectivity index is 2.53. The molecule has 20 heavy (non-hydrogen) atoms. The van der Waals surface area contributed by atoms with Crippen LogP contribution in [0.15, 0.2) is 18.2 Å². The van der Waals surface area contributed by atoms with Gasteiger partial charge in [0.15, 0.2) is 6.61 Å². The Bertz CT molecular complexity index is 447. The summed E-state index contributed by atoms with van der Waals surface area (Å²) in [5.74, 6) is 0.0855. The number of hydrogen-bond acceptors (Lipinski definition) is 4. The lowest BCUT2D eigenvalue weighted by Crippen LogP contribution is -2.21. The van der Waals surface area contributed by atoms with Crippen molar-refractivity contribution < 1.29 is 14.3 Å². The number of nitrogens with one attached hydrogen (secondary N) is 1. The fourth-order valence-corrected chi connectivity index (χ4v) is 1.78. The standard InChI is InChI=1S/C15H22ClNO3/c1-10(2)17-8-12-5-6-14(13(16)7-12)19-9-15(18)20-11(3)4/h5-7,10-11,17H,8-9H2,1-4H3. The molecule has 0 aromatic heterocycles. The first-order valence-electron chi connectivity index (χ1n) is 6.72. The largest absolute Gasteiger partial charge is 0.480 e. The van der Waals surface area contributed by atoms with Crippen LogP contribution in [0.3, 0.4) is 0 Å². The summed E-state index contributed by atoms with van der Waals surface area (Å²) < 4.78 is 10.3. The number of esters is 1. The molecule has 0 radical (unpaired) electrons. The van der Waals surface area contributed by atoms with E-state index in [4.69, 9.17) is 21.1 Å². The monoisotopic (exact) mass is 299 g/mol. The number of benzene rings is 1. The molecular weight excluding hydrogens is 278 g/mol. The second-order valence-electron chi connectivity index (χ2n) is 5.13. The molecule has 0 atom stereocenters. The topological polar surface area (TPSA) is 47.6 Å². The van der Waals surface area contributed by atoms with Gasteiger partial charge in [-0.3, -0.25) is 0 Å². The van der Waals surface area contributed by atoms with E-state index in [1.165, 1.54) is 0 Å². The molecule has 0 aliphatic rings. The van der Waals surface area contributed by atoms with E-state index >= 15 is 0 Å². The van der Waals surface area contributed by atoms with Crippen LogP contribution in [0.4, 0.5) is 0 Å².